The Hall–Kier alpha value is -2.34. The number of likely N-dealkylation sites (N-methyl/N-ethyl adjacent to an activating group) is 1. The van der Waals surface area contributed by atoms with Crippen LogP contribution in [-0.4, -0.2) is 46.8 Å². The van der Waals surface area contributed by atoms with Crippen LogP contribution in [0.5, 0.6) is 5.75 Å². The van der Waals surface area contributed by atoms with Gasteiger partial charge in [-0.2, -0.15) is 5.10 Å². The molecule has 1 unspecified atom stereocenters. The lowest BCUT2D eigenvalue weighted by atomic mass is 9.95. The van der Waals surface area contributed by atoms with Crippen molar-refractivity contribution in [1.29, 1.82) is 0 Å². The van der Waals surface area contributed by atoms with Crippen molar-refractivity contribution >= 4 is 5.91 Å². The Labute approximate surface area is 141 Å². The van der Waals surface area contributed by atoms with Crippen LogP contribution in [-0.2, 0) is 12.8 Å². The summed E-state index contributed by atoms with van der Waals surface area (Å²) in [6, 6.07) is 7.24. The highest BCUT2D eigenvalue weighted by Crippen LogP contribution is 2.24. The molecular formula is C18H23N3O3. The first kappa shape index (κ1) is 16.5. The van der Waals surface area contributed by atoms with Gasteiger partial charge in [-0.15, -0.1) is 0 Å². The number of rotatable bonds is 5. The Morgan fingerprint density at radius 1 is 1.42 bits per heavy atom. The summed E-state index contributed by atoms with van der Waals surface area (Å²) in [7, 11) is 3.28. The number of nitrogens with one attached hydrogen (secondary N) is 1. The number of carbonyl (C=O) groups excluding carboxylic acids is 1. The highest BCUT2D eigenvalue weighted by atomic mass is 16.5. The van der Waals surface area contributed by atoms with Crippen LogP contribution in [0.1, 0.15) is 46.3 Å². The molecule has 1 heterocycles. The molecule has 3 rings (SSSR count). The van der Waals surface area contributed by atoms with E-state index >= 15 is 0 Å². The van der Waals surface area contributed by atoms with E-state index in [4.69, 9.17) is 4.74 Å². The molecule has 1 aliphatic rings. The molecule has 0 bridgehead atoms. The summed E-state index contributed by atoms with van der Waals surface area (Å²) in [5.41, 5.74) is 3.32. The van der Waals surface area contributed by atoms with Crippen LogP contribution in [0.15, 0.2) is 24.3 Å². The largest absolute Gasteiger partial charge is 0.497 e. The molecule has 128 valence electrons. The predicted octanol–water partition coefficient (Wildman–Crippen LogP) is 2.10. The lowest BCUT2D eigenvalue weighted by Gasteiger charge is -2.21. The van der Waals surface area contributed by atoms with Crippen molar-refractivity contribution in [3.8, 4) is 5.75 Å². The fourth-order valence-electron chi connectivity index (χ4n) is 3.14. The number of aliphatic hydroxyl groups excluding tert-OH is 1. The normalized spacial score (nSPS) is 14.8. The van der Waals surface area contributed by atoms with Gasteiger partial charge in [0.2, 0.25) is 0 Å². The van der Waals surface area contributed by atoms with Gasteiger partial charge >= 0.3 is 0 Å². The monoisotopic (exact) mass is 329 g/mol. The number of aliphatic hydroxyl groups is 1. The number of methoxy groups -OCH3 is 1. The van der Waals surface area contributed by atoms with Gasteiger partial charge < -0.3 is 14.7 Å². The first-order valence-electron chi connectivity index (χ1n) is 8.23. The molecule has 1 amide bonds. The number of aromatic nitrogens is 2. The molecule has 6 nitrogen and oxygen atoms in total. The second-order valence-electron chi connectivity index (χ2n) is 6.21. The van der Waals surface area contributed by atoms with Gasteiger partial charge in [-0.1, -0.05) is 12.1 Å². The van der Waals surface area contributed by atoms with Crippen LogP contribution in [0, 0.1) is 0 Å². The molecule has 1 aromatic carbocycles. The molecule has 0 saturated carbocycles. The van der Waals surface area contributed by atoms with Crippen molar-refractivity contribution in [2.75, 3.05) is 20.7 Å². The van der Waals surface area contributed by atoms with Crippen LogP contribution >= 0.6 is 0 Å². The number of aromatic amines is 1. The van der Waals surface area contributed by atoms with E-state index < -0.39 is 6.10 Å². The molecule has 6 heteroatoms. The minimum atomic E-state index is -0.774. The zero-order chi connectivity index (χ0) is 17.1. The number of benzene rings is 1. The van der Waals surface area contributed by atoms with Crippen LogP contribution in [0.2, 0.25) is 0 Å². The number of carbonyl (C=O) groups is 1. The van der Waals surface area contributed by atoms with Crippen molar-refractivity contribution in [3.63, 3.8) is 0 Å². The second-order valence-corrected chi connectivity index (χ2v) is 6.21. The number of nitrogens with zero attached hydrogens (tertiary/aromatic N) is 2. The highest BCUT2D eigenvalue weighted by Gasteiger charge is 2.25. The van der Waals surface area contributed by atoms with Gasteiger partial charge in [-0.25, -0.2) is 0 Å². The molecule has 0 radical (unpaired) electrons. The molecule has 2 aromatic rings. The summed E-state index contributed by atoms with van der Waals surface area (Å²) in [6.07, 6.45) is 3.28. The molecular weight excluding hydrogens is 306 g/mol. The maximum Gasteiger partial charge on any atom is 0.274 e. The van der Waals surface area contributed by atoms with Crippen molar-refractivity contribution in [2.45, 2.75) is 31.8 Å². The van der Waals surface area contributed by atoms with Crippen molar-refractivity contribution in [1.82, 2.24) is 15.1 Å². The molecule has 1 aliphatic carbocycles. The smallest absolute Gasteiger partial charge is 0.274 e. The summed E-state index contributed by atoms with van der Waals surface area (Å²) < 4.78 is 5.17. The van der Waals surface area contributed by atoms with Gasteiger partial charge in [0, 0.05) is 18.3 Å². The zero-order valence-electron chi connectivity index (χ0n) is 14.1. The fourth-order valence-corrected chi connectivity index (χ4v) is 3.14. The van der Waals surface area contributed by atoms with Crippen LogP contribution in [0.25, 0.3) is 0 Å². The lowest BCUT2D eigenvalue weighted by Crippen LogP contribution is -2.32. The average molecular weight is 329 g/mol. The van der Waals surface area contributed by atoms with Crippen LogP contribution in [0.3, 0.4) is 0 Å². The van der Waals surface area contributed by atoms with Gasteiger partial charge in [-0.3, -0.25) is 9.89 Å². The zero-order valence-corrected chi connectivity index (χ0v) is 14.1. The molecule has 2 N–H and O–H groups in total. The Morgan fingerprint density at radius 2 is 2.21 bits per heavy atom. The van der Waals surface area contributed by atoms with Gasteiger partial charge in [0.15, 0.2) is 5.69 Å². The first-order chi connectivity index (χ1) is 11.6. The van der Waals surface area contributed by atoms with E-state index in [9.17, 15) is 9.90 Å². The van der Waals surface area contributed by atoms with Crippen molar-refractivity contribution < 1.29 is 14.6 Å². The van der Waals surface area contributed by atoms with E-state index in [1.807, 2.05) is 18.2 Å². The predicted molar refractivity (Wildman–Crippen MR) is 90.1 cm³/mol. The highest BCUT2D eigenvalue weighted by molar-refractivity contribution is 5.94. The number of hydrogen-bond acceptors (Lipinski definition) is 4. The van der Waals surface area contributed by atoms with E-state index in [1.165, 1.54) is 4.90 Å². The maximum atomic E-state index is 12.7. The van der Waals surface area contributed by atoms with Crippen LogP contribution < -0.4 is 4.74 Å². The molecule has 1 aromatic heterocycles. The Bertz CT molecular complexity index is 726. The molecule has 1 atom stereocenters. The number of ether oxygens (including phenoxy) is 1. The number of fused-ring (bicyclic) bond motifs is 1. The quantitative estimate of drug-likeness (QED) is 0.880. The average Bonchev–Trinajstić information content (AvgIpc) is 3.05. The number of aryl methyl sites for hydroxylation is 1. The number of H-pyrrole nitrogens is 1. The second kappa shape index (κ2) is 7.05. The van der Waals surface area contributed by atoms with E-state index in [0.717, 1.165) is 42.5 Å². The third kappa shape index (κ3) is 3.28. The van der Waals surface area contributed by atoms with Crippen LogP contribution in [0.4, 0.5) is 0 Å². The topological polar surface area (TPSA) is 78.5 Å². The van der Waals surface area contributed by atoms with Gasteiger partial charge in [0.05, 0.1) is 19.8 Å². The summed E-state index contributed by atoms with van der Waals surface area (Å²) in [5.74, 6) is 0.526. The van der Waals surface area contributed by atoms with Gasteiger partial charge in [-0.05, 0) is 43.4 Å². The Kier molecular flexibility index (Phi) is 4.85. The van der Waals surface area contributed by atoms with Gasteiger partial charge in [0.1, 0.15) is 5.75 Å². The van der Waals surface area contributed by atoms with E-state index in [-0.39, 0.29) is 12.5 Å². The Morgan fingerprint density at radius 3 is 3.00 bits per heavy atom. The molecule has 0 fully saturated rings. The first-order valence-corrected chi connectivity index (χ1v) is 8.23. The maximum absolute atomic E-state index is 12.7. The van der Waals surface area contributed by atoms with E-state index in [0.29, 0.717) is 11.4 Å². The minimum Gasteiger partial charge on any atom is -0.497 e. The summed E-state index contributed by atoms with van der Waals surface area (Å²) in [6.45, 7) is 0.202. The third-order valence-corrected chi connectivity index (χ3v) is 4.53. The minimum absolute atomic E-state index is 0.156. The summed E-state index contributed by atoms with van der Waals surface area (Å²) in [4.78, 5) is 14.2. The molecule has 0 saturated heterocycles. The van der Waals surface area contributed by atoms with Crippen molar-refractivity contribution in [2.24, 2.45) is 0 Å². The standard InChI is InChI=1S/C18H23N3O3/c1-21(11-16(22)12-6-5-7-13(10-12)24-2)18(23)17-14-8-3-4-9-15(14)19-20-17/h5-7,10,16,22H,3-4,8-9,11H2,1-2H3,(H,19,20). The SMILES string of the molecule is COc1cccc(C(O)CN(C)C(=O)c2n[nH]c3c2CCCC3)c1. The van der Waals surface area contributed by atoms with E-state index in [2.05, 4.69) is 10.2 Å². The van der Waals surface area contributed by atoms with E-state index in [1.54, 1.807) is 20.2 Å². The van der Waals surface area contributed by atoms with Crippen molar-refractivity contribution in [3.05, 3.63) is 46.8 Å². The third-order valence-electron chi connectivity index (χ3n) is 4.53. The molecule has 24 heavy (non-hydrogen) atoms. The molecule has 0 aliphatic heterocycles. The lowest BCUT2D eigenvalue weighted by molar-refractivity contribution is 0.0674. The molecule has 0 spiro atoms. The Balaban J connectivity index is 1.70. The number of amides is 1. The number of hydrogen-bond donors (Lipinski definition) is 2. The summed E-state index contributed by atoms with van der Waals surface area (Å²) >= 11 is 0. The summed E-state index contributed by atoms with van der Waals surface area (Å²) in [5, 5.41) is 17.6. The fraction of sp³-hybridized carbons (Fsp3) is 0.444. The van der Waals surface area contributed by atoms with Gasteiger partial charge in [0.25, 0.3) is 5.91 Å².